The highest BCUT2D eigenvalue weighted by Gasteiger charge is 2.33. The molecular formula is C16H12ClF3N2OS. The number of thiocarbonyl (C=S) groups is 1. The Morgan fingerprint density at radius 1 is 1.08 bits per heavy atom. The van der Waals surface area contributed by atoms with Gasteiger partial charge >= 0.3 is 6.18 Å². The van der Waals surface area contributed by atoms with Crippen molar-refractivity contribution in [1.82, 2.24) is 5.32 Å². The molecule has 0 aliphatic rings. The van der Waals surface area contributed by atoms with Gasteiger partial charge in [0.25, 0.3) is 0 Å². The summed E-state index contributed by atoms with van der Waals surface area (Å²) in [6.45, 7) is 0. The van der Waals surface area contributed by atoms with E-state index in [0.29, 0.717) is 10.6 Å². The zero-order valence-corrected chi connectivity index (χ0v) is 13.7. The van der Waals surface area contributed by atoms with Gasteiger partial charge in [-0.25, -0.2) is 0 Å². The third kappa shape index (κ3) is 5.21. The number of nitrogens with one attached hydrogen (secondary N) is 2. The van der Waals surface area contributed by atoms with Crippen molar-refractivity contribution in [3.05, 3.63) is 64.7 Å². The number of benzene rings is 2. The Kier molecular flexibility index (Phi) is 5.80. The minimum Gasteiger partial charge on any atom is -0.332 e. The van der Waals surface area contributed by atoms with Crippen LogP contribution in [0.3, 0.4) is 0 Å². The Morgan fingerprint density at radius 2 is 1.71 bits per heavy atom. The first-order valence-corrected chi connectivity index (χ1v) is 7.56. The molecule has 0 aliphatic heterocycles. The second-order valence-electron chi connectivity index (χ2n) is 4.85. The zero-order valence-electron chi connectivity index (χ0n) is 12.2. The minimum absolute atomic E-state index is 0.0277. The van der Waals surface area contributed by atoms with Crippen LogP contribution in [0.25, 0.3) is 0 Å². The molecule has 0 unspecified atom stereocenters. The summed E-state index contributed by atoms with van der Waals surface area (Å²) in [6.07, 6.45) is -4.49. The fourth-order valence-electron chi connectivity index (χ4n) is 1.95. The van der Waals surface area contributed by atoms with Gasteiger partial charge in [-0.2, -0.15) is 13.2 Å². The first kappa shape index (κ1) is 18.2. The lowest BCUT2D eigenvalue weighted by atomic mass is 10.1. The third-order valence-electron chi connectivity index (χ3n) is 3.01. The first-order chi connectivity index (χ1) is 11.3. The molecule has 0 fully saturated rings. The van der Waals surface area contributed by atoms with Crippen LogP contribution in [0.5, 0.6) is 0 Å². The summed E-state index contributed by atoms with van der Waals surface area (Å²) in [5.41, 5.74) is -0.378. The lowest BCUT2D eigenvalue weighted by Gasteiger charge is -2.15. The fourth-order valence-corrected chi connectivity index (χ4v) is 2.30. The van der Waals surface area contributed by atoms with Crippen molar-refractivity contribution in [2.45, 2.75) is 12.6 Å². The Bertz CT molecular complexity index is 748. The number of carbonyl (C=O) groups is 1. The summed E-state index contributed by atoms with van der Waals surface area (Å²) in [7, 11) is 0. The molecule has 0 heterocycles. The molecule has 8 heteroatoms. The topological polar surface area (TPSA) is 41.1 Å². The molecule has 126 valence electrons. The summed E-state index contributed by atoms with van der Waals surface area (Å²) < 4.78 is 38.7. The van der Waals surface area contributed by atoms with E-state index in [0.717, 1.165) is 6.07 Å². The van der Waals surface area contributed by atoms with Crippen molar-refractivity contribution in [1.29, 1.82) is 0 Å². The summed E-state index contributed by atoms with van der Waals surface area (Å²) in [5.74, 6) is -0.445. The van der Waals surface area contributed by atoms with Crippen LogP contribution in [0.4, 0.5) is 18.9 Å². The largest absolute Gasteiger partial charge is 0.418 e. The van der Waals surface area contributed by atoms with Crippen molar-refractivity contribution in [3.63, 3.8) is 0 Å². The summed E-state index contributed by atoms with van der Waals surface area (Å²) in [4.78, 5) is 11.9. The highest BCUT2D eigenvalue weighted by atomic mass is 35.5. The van der Waals surface area contributed by atoms with E-state index in [-0.39, 0.29) is 17.2 Å². The average molecular weight is 373 g/mol. The van der Waals surface area contributed by atoms with Crippen molar-refractivity contribution in [2.75, 3.05) is 5.32 Å². The van der Waals surface area contributed by atoms with Gasteiger partial charge in [0.1, 0.15) is 0 Å². The number of para-hydroxylation sites is 1. The molecule has 0 spiro atoms. The van der Waals surface area contributed by atoms with Gasteiger partial charge in [0.2, 0.25) is 5.91 Å². The number of hydrogen-bond acceptors (Lipinski definition) is 2. The maximum Gasteiger partial charge on any atom is 0.418 e. The van der Waals surface area contributed by atoms with Crippen LogP contribution in [-0.2, 0) is 17.4 Å². The number of alkyl halides is 3. The molecule has 0 radical (unpaired) electrons. The lowest BCUT2D eigenvalue weighted by molar-refractivity contribution is -0.136. The zero-order chi connectivity index (χ0) is 17.7. The summed E-state index contributed by atoms with van der Waals surface area (Å²) in [5, 5.41) is 5.09. The van der Waals surface area contributed by atoms with Gasteiger partial charge in [0.05, 0.1) is 17.7 Å². The standard InChI is InChI=1S/C16H12ClF3N2OS/c17-11-7-5-10(6-8-11)9-14(23)22-15(24)21-13-4-2-1-3-12(13)16(18,19)20/h1-8H,9H2,(H2,21,22,23,24). The van der Waals surface area contributed by atoms with Crippen molar-refractivity contribution in [2.24, 2.45) is 0 Å². The smallest absolute Gasteiger partial charge is 0.332 e. The van der Waals surface area contributed by atoms with Gasteiger partial charge < -0.3 is 10.6 Å². The molecule has 0 bridgehead atoms. The first-order valence-electron chi connectivity index (χ1n) is 6.77. The molecule has 24 heavy (non-hydrogen) atoms. The second kappa shape index (κ2) is 7.63. The number of amides is 1. The van der Waals surface area contributed by atoms with E-state index in [9.17, 15) is 18.0 Å². The predicted molar refractivity (Wildman–Crippen MR) is 91.0 cm³/mol. The number of hydrogen-bond donors (Lipinski definition) is 2. The molecule has 0 atom stereocenters. The molecule has 2 aromatic rings. The maximum absolute atomic E-state index is 12.9. The van der Waals surface area contributed by atoms with E-state index in [1.165, 1.54) is 18.2 Å². The Balaban J connectivity index is 1.98. The van der Waals surface area contributed by atoms with Gasteiger partial charge in [-0.3, -0.25) is 4.79 Å². The van der Waals surface area contributed by atoms with Crippen molar-refractivity contribution >= 4 is 40.5 Å². The van der Waals surface area contributed by atoms with E-state index in [2.05, 4.69) is 10.6 Å². The van der Waals surface area contributed by atoms with Crippen LogP contribution >= 0.6 is 23.8 Å². The van der Waals surface area contributed by atoms with Crippen LogP contribution < -0.4 is 10.6 Å². The fraction of sp³-hybridized carbons (Fsp3) is 0.125. The molecule has 0 aliphatic carbocycles. The molecule has 0 saturated heterocycles. The van der Waals surface area contributed by atoms with E-state index in [1.807, 2.05) is 0 Å². The summed E-state index contributed by atoms with van der Waals surface area (Å²) >= 11 is 10.7. The molecule has 0 saturated carbocycles. The van der Waals surface area contributed by atoms with E-state index in [1.54, 1.807) is 24.3 Å². The van der Waals surface area contributed by atoms with Crippen LogP contribution in [0.1, 0.15) is 11.1 Å². The number of carbonyl (C=O) groups excluding carboxylic acids is 1. The van der Waals surface area contributed by atoms with E-state index < -0.39 is 17.6 Å². The average Bonchev–Trinajstić information content (AvgIpc) is 2.49. The maximum atomic E-state index is 12.9. The van der Waals surface area contributed by atoms with Gasteiger partial charge in [-0.05, 0) is 42.0 Å². The van der Waals surface area contributed by atoms with E-state index in [4.69, 9.17) is 23.8 Å². The van der Waals surface area contributed by atoms with Crippen LogP contribution in [0.15, 0.2) is 48.5 Å². The second-order valence-corrected chi connectivity index (χ2v) is 5.69. The Hall–Kier alpha value is -2.12. The van der Waals surface area contributed by atoms with Crippen LogP contribution in [0, 0.1) is 0 Å². The highest BCUT2D eigenvalue weighted by Crippen LogP contribution is 2.34. The highest BCUT2D eigenvalue weighted by molar-refractivity contribution is 7.80. The van der Waals surface area contributed by atoms with E-state index >= 15 is 0 Å². The van der Waals surface area contributed by atoms with Crippen molar-refractivity contribution in [3.8, 4) is 0 Å². The molecule has 0 aromatic heterocycles. The molecule has 2 aromatic carbocycles. The lowest BCUT2D eigenvalue weighted by Crippen LogP contribution is -2.35. The normalized spacial score (nSPS) is 11.0. The van der Waals surface area contributed by atoms with Crippen LogP contribution in [0.2, 0.25) is 5.02 Å². The number of rotatable bonds is 3. The molecule has 2 rings (SSSR count). The number of anilines is 1. The predicted octanol–water partition coefficient (Wildman–Crippen LogP) is 4.41. The molecule has 2 N–H and O–H groups in total. The van der Waals surface area contributed by atoms with Crippen molar-refractivity contribution < 1.29 is 18.0 Å². The summed E-state index contributed by atoms with van der Waals surface area (Å²) in [6, 6.07) is 11.5. The molecular weight excluding hydrogens is 361 g/mol. The van der Waals surface area contributed by atoms with Gasteiger partial charge in [0.15, 0.2) is 5.11 Å². The van der Waals surface area contributed by atoms with Crippen LogP contribution in [-0.4, -0.2) is 11.0 Å². The molecule has 3 nitrogen and oxygen atoms in total. The third-order valence-corrected chi connectivity index (χ3v) is 3.47. The van der Waals surface area contributed by atoms with Gasteiger partial charge in [-0.15, -0.1) is 0 Å². The minimum atomic E-state index is -4.52. The van der Waals surface area contributed by atoms with Gasteiger partial charge in [0, 0.05) is 5.02 Å². The quantitative estimate of drug-likeness (QED) is 0.784. The van der Waals surface area contributed by atoms with Gasteiger partial charge in [-0.1, -0.05) is 35.9 Å². The SMILES string of the molecule is O=C(Cc1ccc(Cl)cc1)NC(=S)Nc1ccccc1C(F)(F)F. The number of halogens is 4. The Labute approximate surface area is 146 Å². The Morgan fingerprint density at radius 3 is 2.33 bits per heavy atom. The monoisotopic (exact) mass is 372 g/mol. The molecule has 1 amide bonds.